The first kappa shape index (κ1) is 24.4. The Morgan fingerprint density at radius 1 is 1.23 bits per heavy atom. The van der Waals surface area contributed by atoms with Crippen LogP contribution < -0.4 is 4.74 Å². The number of ether oxygens (including phenoxy) is 1. The largest absolute Gasteiger partial charge is 0.485 e. The van der Waals surface area contributed by atoms with Crippen molar-refractivity contribution in [1.29, 1.82) is 5.26 Å². The molecule has 3 rings (SSSR count). The molecule has 2 aliphatic rings. The van der Waals surface area contributed by atoms with Crippen molar-refractivity contribution in [3.05, 3.63) is 29.3 Å². The first-order chi connectivity index (χ1) is 13.9. The maximum absolute atomic E-state index is 13.0. The summed E-state index contributed by atoms with van der Waals surface area (Å²) in [6, 6.07) is 6.77. The third-order valence-corrected chi connectivity index (χ3v) is 5.90. The van der Waals surface area contributed by atoms with Crippen LogP contribution in [0.3, 0.4) is 0 Å². The topological polar surface area (TPSA) is 97.0 Å². The van der Waals surface area contributed by atoms with Crippen LogP contribution in [0.4, 0.5) is 0 Å². The summed E-state index contributed by atoms with van der Waals surface area (Å²) in [5.41, 5.74) is 0.343. The van der Waals surface area contributed by atoms with Crippen molar-refractivity contribution >= 4 is 18.3 Å². The molecular weight excluding hydrogens is 406 g/mol. The second-order valence-electron chi connectivity index (χ2n) is 8.46. The molecule has 2 heterocycles. The standard InChI is InChI=1S/C22H31N3O4.ClH/c1-22(2)21(28)20(17-13-16(14-23)7-8-18(17)29-22)25-11-10-24(15-19(25)27)9-5-3-4-6-12-26;/h7-8,13,20-21,26,28H,3-6,9-12,15H2,1-2H3;1H/t20-,21+;/m1./s1. The van der Waals surface area contributed by atoms with E-state index in [4.69, 9.17) is 9.84 Å². The van der Waals surface area contributed by atoms with Crippen LogP contribution in [0, 0.1) is 11.3 Å². The monoisotopic (exact) mass is 437 g/mol. The minimum atomic E-state index is -0.891. The van der Waals surface area contributed by atoms with Crippen molar-refractivity contribution in [2.45, 2.75) is 57.3 Å². The van der Waals surface area contributed by atoms with Gasteiger partial charge in [0, 0.05) is 25.3 Å². The highest BCUT2D eigenvalue weighted by molar-refractivity contribution is 5.85. The molecule has 7 nitrogen and oxygen atoms in total. The first-order valence-electron chi connectivity index (χ1n) is 10.4. The van der Waals surface area contributed by atoms with Crippen LogP contribution in [-0.2, 0) is 4.79 Å². The van der Waals surface area contributed by atoms with E-state index in [0.29, 0.717) is 30.0 Å². The van der Waals surface area contributed by atoms with Gasteiger partial charge in [0.2, 0.25) is 5.91 Å². The molecule has 1 saturated heterocycles. The number of unbranched alkanes of at least 4 members (excludes halogenated alkanes) is 3. The summed E-state index contributed by atoms with van der Waals surface area (Å²) in [5.74, 6) is 0.602. The number of benzene rings is 1. The van der Waals surface area contributed by atoms with Crippen LogP contribution in [0.2, 0.25) is 0 Å². The first-order valence-corrected chi connectivity index (χ1v) is 10.4. The van der Waals surface area contributed by atoms with Crippen LogP contribution in [0.1, 0.15) is 56.7 Å². The van der Waals surface area contributed by atoms with E-state index in [9.17, 15) is 15.2 Å². The fraction of sp³-hybridized carbons (Fsp3) is 0.636. The van der Waals surface area contributed by atoms with Gasteiger partial charge in [0.25, 0.3) is 0 Å². The van der Waals surface area contributed by atoms with Gasteiger partial charge in [0.15, 0.2) is 0 Å². The summed E-state index contributed by atoms with van der Waals surface area (Å²) in [6.45, 7) is 6.35. The van der Waals surface area contributed by atoms with Gasteiger partial charge in [-0.15, -0.1) is 12.4 Å². The van der Waals surface area contributed by atoms with Gasteiger partial charge in [-0.05, 0) is 51.4 Å². The second kappa shape index (κ2) is 10.5. The normalized spacial score (nSPS) is 23.2. The number of fused-ring (bicyclic) bond motifs is 1. The molecule has 0 radical (unpaired) electrons. The van der Waals surface area contributed by atoms with E-state index >= 15 is 0 Å². The van der Waals surface area contributed by atoms with E-state index in [1.165, 1.54) is 0 Å². The molecule has 1 fully saturated rings. The molecule has 2 aliphatic heterocycles. The molecular formula is C22H32ClN3O4. The van der Waals surface area contributed by atoms with Gasteiger partial charge in [-0.2, -0.15) is 5.26 Å². The lowest BCUT2D eigenvalue weighted by Gasteiger charge is -2.48. The number of aliphatic hydroxyl groups is 2. The van der Waals surface area contributed by atoms with Gasteiger partial charge in [0.05, 0.1) is 24.2 Å². The van der Waals surface area contributed by atoms with Crippen molar-refractivity contribution in [1.82, 2.24) is 9.80 Å². The van der Waals surface area contributed by atoms with Crippen LogP contribution in [0.25, 0.3) is 0 Å². The van der Waals surface area contributed by atoms with Crippen molar-refractivity contribution < 1.29 is 19.7 Å². The number of rotatable bonds is 7. The van der Waals surface area contributed by atoms with Crippen molar-refractivity contribution in [3.8, 4) is 11.8 Å². The molecule has 0 unspecified atom stereocenters. The van der Waals surface area contributed by atoms with Crippen molar-refractivity contribution in [2.24, 2.45) is 0 Å². The molecule has 30 heavy (non-hydrogen) atoms. The van der Waals surface area contributed by atoms with Gasteiger partial charge in [-0.3, -0.25) is 9.69 Å². The number of aliphatic hydroxyl groups excluding tert-OH is 2. The number of amides is 1. The summed E-state index contributed by atoms with van der Waals surface area (Å²) < 4.78 is 5.97. The molecule has 2 atom stereocenters. The number of carbonyl (C=O) groups is 1. The molecule has 8 heteroatoms. The molecule has 166 valence electrons. The Balaban J connectivity index is 0.00000320. The highest BCUT2D eigenvalue weighted by Gasteiger charge is 2.47. The highest BCUT2D eigenvalue weighted by atomic mass is 35.5. The Kier molecular flexibility index (Phi) is 8.51. The minimum absolute atomic E-state index is 0. The molecule has 0 spiro atoms. The van der Waals surface area contributed by atoms with Gasteiger partial charge in [-0.25, -0.2) is 0 Å². The van der Waals surface area contributed by atoms with Crippen molar-refractivity contribution in [3.63, 3.8) is 0 Å². The Hall–Kier alpha value is -1.85. The third-order valence-electron chi connectivity index (χ3n) is 5.90. The Labute approximate surface area is 184 Å². The van der Waals surface area contributed by atoms with Gasteiger partial charge < -0.3 is 19.8 Å². The maximum Gasteiger partial charge on any atom is 0.237 e. The van der Waals surface area contributed by atoms with E-state index in [1.807, 2.05) is 13.8 Å². The van der Waals surface area contributed by atoms with Crippen molar-refractivity contribution in [2.75, 3.05) is 32.8 Å². The summed E-state index contributed by atoms with van der Waals surface area (Å²) in [5, 5.41) is 29.2. The number of nitrogens with zero attached hydrogens (tertiary/aromatic N) is 3. The molecule has 0 aromatic heterocycles. The molecule has 1 aromatic rings. The fourth-order valence-corrected chi connectivity index (χ4v) is 4.20. The van der Waals surface area contributed by atoms with E-state index in [2.05, 4.69) is 11.0 Å². The smallest absolute Gasteiger partial charge is 0.237 e. The maximum atomic E-state index is 13.0. The average molecular weight is 438 g/mol. The molecule has 1 aromatic carbocycles. The number of piperazine rings is 1. The Morgan fingerprint density at radius 3 is 2.63 bits per heavy atom. The molecule has 1 amide bonds. The van der Waals surface area contributed by atoms with Gasteiger partial charge in [0.1, 0.15) is 17.5 Å². The minimum Gasteiger partial charge on any atom is -0.485 e. The zero-order valence-electron chi connectivity index (χ0n) is 17.7. The number of carbonyl (C=O) groups excluding carboxylic acids is 1. The highest BCUT2D eigenvalue weighted by Crippen LogP contribution is 2.43. The fourth-order valence-electron chi connectivity index (χ4n) is 4.20. The Morgan fingerprint density at radius 2 is 1.97 bits per heavy atom. The van der Waals surface area contributed by atoms with Gasteiger partial charge >= 0.3 is 0 Å². The number of hydrogen-bond acceptors (Lipinski definition) is 6. The molecule has 0 bridgehead atoms. The van der Waals surface area contributed by atoms with E-state index in [-0.39, 0.29) is 24.9 Å². The lowest BCUT2D eigenvalue weighted by molar-refractivity contribution is -0.150. The quantitative estimate of drug-likeness (QED) is 0.635. The summed E-state index contributed by atoms with van der Waals surface area (Å²) >= 11 is 0. The third kappa shape index (κ3) is 5.25. The van der Waals surface area contributed by atoms with Crippen LogP contribution in [-0.4, -0.2) is 70.4 Å². The van der Waals surface area contributed by atoms with E-state index in [0.717, 1.165) is 38.8 Å². The summed E-state index contributed by atoms with van der Waals surface area (Å²) in [6.07, 6.45) is 3.00. The predicted molar refractivity (Wildman–Crippen MR) is 116 cm³/mol. The predicted octanol–water partition coefficient (Wildman–Crippen LogP) is 2.25. The molecule has 2 N–H and O–H groups in total. The van der Waals surface area contributed by atoms with E-state index < -0.39 is 17.7 Å². The number of hydrogen-bond donors (Lipinski definition) is 2. The molecule has 0 saturated carbocycles. The number of halogens is 1. The van der Waals surface area contributed by atoms with Crippen LogP contribution in [0.5, 0.6) is 5.75 Å². The second-order valence-corrected chi connectivity index (χ2v) is 8.46. The van der Waals surface area contributed by atoms with Crippen LogP contribution >= 0.6 is 12.4 Å². The summed E-state index contributed by atoms with van der Waals surface area (Å²) in [7, 11) is 0. The lowest BCUT2D eigenvalue weighted by Crippen LogP contribution is -2.59. The average Bonchev–Trinajstić information content (AvgIpc) is 2.69. The zero-order chi connectivity index (χ0) is 21.0. The number of nitriles is 1. The molecule has 0 aliphatic carbocycles. The Bertz CT molecular complexity index is 780. The van der Waals surface area contributed by atoms with E-state index in [1.54, 1.807) is 23.1 Å². The zero-order valence-corrected chi connectivity index (χ0v) is 18.5. The SMILES string of the molecule is CC1(C)Oc2ccc(C#N)cc2[C@@H](N2CCN(CCCCCCO)CC2=O)[C@@H]1O.Cl. The van der Waals surface area contributed by atoms with Gasteiger partial charge in [-0.1, -0.05) is 12.8 Å². The summed E-state index contributed by atoms with van der Waals surface area (Å²) in [4.78, 5) is 16.9. The lowest BCUT2D eigenvalue weighted by atomic mass is 9.84. The van der Waals surface area contributed by atoms with Crippen LogP contribution in [0.15, 0.2) is 18.2 Å².